The van der Waals surface area contributed by atoms with Gasteiger partial charge in [0.05, 0.1) is 16.4 Å². The van der Waals surface area contributed by atoms with Gasteiger partial charge in [-0.3, -0.25) is 0 Å². The van der Waals surface area contributed by atoms with E-state index in [9.17, 15) is 0 Å². The van der Waals surface area contributed by atoms with Crippen molar-refractivity contribution < 1.29 is 0 Å². The predicted octanol–water partition coefficient (Wildman–Crippen LogP) is 12.3. The van der Waals surface area contributed by atoms with E-state index in [0.29, 0.717) is 0 Å². The largest absolute Gasteiger partial charge is 0.309 e. The molecule has 0 fully saturated rings. The zero-order valence-corrected chi connectivity index (χ0v) is 27.0. The van der Waals surface area contributed by atoms with E-state index in [1.807, 2.05) is 11.3 Å². The molecule has 3 heteroatoms. The first-order chi connectivity index (χ1) is 22.7. The SMILES string of the molecule is Brc1cccc2sc3ccc(-n4c5ccccc5c5c6c(ccc54)C4(c5ccccc5-c5ccccc54)c4ccccc4-6)cc3c12. The second-order valence-electron chi connectivity index (χ2n) is 12.5. The van der Waals surface area contributed by atoms with Crippen LogP contribution in [0, 0.1) is 0 Å². The van der Waals surface area contributed by atoms with Crippen LogP contribution in [0.3, 0.4) is 0 Å². The lowest BCUT2D eigenvalue weighted by Crippen LogP contribution is -2.25. The molecule has 2 aliphatic rings. The Balaban J connectivity index is 1.29. The number of hydrogen-bond donors (Lipinski definition) is 0. The lowest BCUT2D eigenvalue weighted by Gasteiger charge is -2.30. The minimum absolute atomic E-state index is 0.350. The summed E-state index contributed by atoms with van der Waals surface area (Å²) >= 11 is 5.71. The maximum Gasteiger partial charge on any atom is 0.0725 e. The van der Waals surface area contributed by atoms with Gasteiger partial charge in [-0.05, 0) is 87.0 Å². The maximum atomic E-state index is 3.85. The Morgan fingerprint density at radius 2 is 1.15 bits per heavy atom. The Labute approximate surface area is 278 Å². The van der Waals surface area contributed by atoms with Crippen molar-refractivity contribution in [3.8, 4) is 27.9 Å². The van der Waals surface area contributed by atoms with Crippen LogP contribution in [0.5, 0.6) is 0 Å². The minimum Gasteiger partial charge on any atom is -0.309 e. The van der Waals surface area contributed by atoms with Gasteiger partial charge in [0.1, 0.15) is 0 Å². The van der Waals surface area contributed by atoms with Crippen LogP contribution in [0.4, 0.5) is 0 Å². The lowest BCUT2D eigenvalue weighted by atomic mass is 9.70. The molecule has 0 unspecified atom stereocenters. The summed E-state index contributed by atoms with van der Waals surface area (Å²) in [5.74, 6) is 0. The number of nitrogens with zero attached hydrogens (tertiary/aromatic N) is 1. The molecule has 9 aromatic rings. The van der Waals surface area contributed by atoms with E-state index in [1.54, 1.807) is 0 Å². The number of aromatic nitrogens is 1. The van der Waals surface area contributed by atoms with Gasteiger partial charge in [-0.1, -0.05) is 119 Å². The first-order valence-corrected chi connectivity index (χ1v) is 17.3. The van der Waals surface area contributed by atoms with Gasteiger partial charge in [0.15, 0.2) is 0 Å². The molecular weight excluding hydrogens is 642 g/mol. The molecule has 0 atom stereocenters. The number of rotatable bonds is 1. The summed E-state index contributed by atoms with van der Waals surface area (Å²) < 4.78 is 6.24. The summed E-state index contributed by atoms with van der Waals surface area (Å²) in [5, 5.41) is 5.20. The summed E-state index contributed by atoms with van der Waals surface area (Å²) in [4.78, 5) is 0. The van der Waals surface area contributed by atoms with Crippen LogP contribution in [0.1, 0.15) is 22.3 Å². The minimum atomic E-state index is -0.350. The van der Waals surface area contributed by atoms with E-state index in [4.69, 9.17) is 0 Å². The lowest BCUT2D eigenvalue weighted by molar-refractivity contribution is 0.794. The van der Waals surface area contributed by atoms with E-state index in [0.717, 1.165) is 4.47 Å². The second kappa shape index (κ2) is 8.85. The summed E-state index contributed by atoms with van der Waals surface area (Å²) in [5.41, 5.74) is 14.2. The highest BCUT2D eigenvalue weighted by molar-refractivity contribution is 9.10. The van der Waals surface area contributed by atoms with Crippen molar-refractivity contribution >= 4 is 69.2 Å². The second-order valence-corrected chi connectivity index (χ2v) is 14.5. The molecule has 0 radical (unpaired) electrons. The van der Waals surface area contributed by atoms with E-state index in [1.165, 1.54) is 92.2 Å². The van der Waals surface area contributed by atoms with Crippen molar-refractivity contribution in [3.05, 3.63) is 172 Å². The highest BCUT2D eigenvalue weighted by atomic mass is 79.9. The molecule has 7 aromatic carbocycles. The smallest absolute Gasteiger partial charge is 0.0725 e. The third kappa shape index (κ3) is 2.92. The summed E-state index contributed by atoms with van der Waals surface area (Å²) in [6, 6.07) is 54.5. The summed E-state index contributed by atoms with van der Waals surface area (Å²) in [7, 11) is 0. The highest BCUT2D eigenvalue weighted by Gasteiger charge is 2.52. The molecule has 2 aromatic heterocycles. The first-order valence-electron chi connectivity index (χ1n) is 15.7. The molecule has 2 aliphatic carbocycles. The molecule has 0 N–H and O–H groups in total. The topological polar surface area (TPSA) is 4.93 Å². The zero-order valence-electron chi connectivity index (χ0n) is 24.6. The average Bonchev–Trinajstić information content (AvgIpc) is 3.82. The number of benzene rings is 7. The Morgan fingerprint density at radius 3 is 1.93 bits per heavy atom. The Bertz CT molecular complexity index is 2730. The van der Waals surface area contributed by atoms with Gasteiger partial charge in [0.25, 0.3) is 0 Å². The Kier molecular flexibility index (Phi) is 4.86. The van der Waals surface area contributed by atoms with Crippen molar-refractivity contribution in [3.63, 3.8) is 0 Å². The van der Waals surface area contributed by atoms with E-state index in [2.05, 4.69) is 166 Å². The predicted molar refractivity (Wildman–Crippen MR) is 198 cm³/mol. The summed E-state index contributed by atoms with van der Waals surface area (Å²) in [6.45, 7) is 0. The molecule has 11 rings (SSSR count). The molecule has 0 aliphatic heterocycles. The van der Waals surface area contributed by atoms with E-state index >= 15 is 0 Å². The van der Waals surface area contributed by atoms with Gasteiger partial charge in [-0.25, -0.2) is 0 Å². The van der Waals surface area contributed by atoms with Crippen LogP contribution in [-0.2, 0) is 5.41 Å². The average molecular weight is 667 g/mol. The van der Waals surface area contributed by atoms with Crippen LogP contribution in [-0.4, -0.2) is 4.57 Å². The Morgan fingerprint density at radius 1 is 0.478 bits per heavy atom. The molecule has 214 valence electrons. The summed E-state index contributed by atoms with van der Waals surface area (Å²) in [6.07, 6.45) is 0. The van der Waals surface area contributed by atoms with Gasteiger partial charge in [0, 0.05) is 41.1 Å². The fourth-order valence-electron chi connectivity index (χ4n) is 8.83. The Hall–Kier alpha value is -4.96. The normalized spacial score (nSPS) is 13.9. The number of para-hydroxylation sites is 1. The van der Waals surface area contributed by atoms with Crippen molar-refractivity contribution in [2.24, 2.45) is 0 Å². The molecule has 46 heavy (non-hydrogen) atoms. The van der Waals surface area contributed by atoms with Crippen LogP contribution < -0.4 is 0 Å². The van der Waals surface area contributed by atoms with E-state index in [-0.39, 0.29) is 5.41 Å². The molecule has 2 heterocycles. The van der Waals surface area contributed by atoms with Crippen molar-refractivity contribution in [1.82, 2.24) is 4.57 Å². The van der Waals surface area contributed by atoms with Crippen molar-refractivity contribution in [2.75, 3.05) is 0 Å². The maximum absolute atomic E-state index is 3.85. The standard InChI is InChI=1S/C43H24BrNS/c44-35-17-9-19-39-41(35)30-24-25(20-23-38(30)46-39)45-36-18-8-4-13-29(36)42-37(45)22-21-34-40(42)28-12-3-7-16-33(28)43(34)31-14-5-1-10-26(31)27-11-2-6-15-32(27)43/h1-24H. The number of fused-ring (bicyclic) bond motifs is 17. The molecule has 0 amide bonds. The third-order valence-corrected chi connectivity index (χ3v) is 12.3. The van der Waals surface area contributed by atoms with Crippen LogP contribution >= 0.6 is 27.3 Å². The molecule has 1 nitrogen and oxygen atoms in total. The van der Waals surface area contributed by atoms with Crippen molar-refractivity contribution in [1.29, 1.82) is 0 Å². The van der Waals surface area contributed by atoms with Gasteiger partial charge < -0.3 is 4.57 Å². The number of hydrogen-bond acceptors (Lipinski definition) is 1. The monoisotopic (exact) mass is 665 g/mol. The fourth-order valence-corrected chi connectivity index (χ4v) is 10.7. The molecular formula is C43H24BrNS. The van der Waals surface area contributed by atoms with Gasteiger partial charge >= 0.3 is 0 Å². The van der Waals surface area contributed by atoms with Gasteiger partial charge in [0.2, 0.25) is 0 Å². The highest BCUT2D eigenvalue weighted by Crippen LogP contribution is 2.64. The molecule has 0 saturated carbocycles. The van der Waals surface area contributed by atoms with Crippen molar-refractivity contribution in [2.45, 2.75) is 5.41 Å². The van der Waals surface area contributed by atoms with Gasteiger partial charge in [-0.2, -0.15) is 0 Å². The van der Waals surface area contributed by atoms with Crippen LogP contribution in [0.15, 0.2) is 150 Å². The van der Waals surface area contributed by atoms with Gasteiger partial charge in [-0.15, -0.1) is 11.3 Å². The quantitative estimate of drug-likeness (QED) is 0.164. The number of thiophene rings is 1. The molecule has 0 saturated heterocycles. The zero-order chi connectivity index (χ0) is 30.1. The molecule has 1 spiro atoms. The first kappa shape index (κ1) is 25.3. The van der Waals surface area contributed by atoms with Crippen LogP contribution in [0.25, 0.3) is 69.9 Å². The van der Waals surface area contributed by atoms with E-state index < -0.39 is 0 Å². The van der Waals surface area contributed by atoms with Crippen LogP contribution in [0.2, 0.25) is 0 Å². The third-order valence-electron chi connectivity index (χ3n) is 10.5. The number of halogens is 1. The fraction of sp³-hybridized carbons (Fsp3) is 0.0233. The molecule has 0 bridgehead atoms.